The van der Waals surface area contributed by atoms with Crippen LogP contribution in [-0.2, 0) is 6.42 Å². The van der Waals surface area contributed by atoms with Crippen molar-refractivity contribution >= 4 is 0 Å². The number of rotatable bonds is 4. The number of halogens is 2. The van der Waals surface area contributed by atoms with Gasteiger partial charge in [0, 0.05) is 5.92 Å². The van der Waals surface area contributed by atoms with Crippen molar-refractivity contribution in [3.05, 3.63) is 76.8 Å². The van der Waals surface area contributed by atoms with E-state index in [4.69, 9.17) is 0 Å². The van der Waals surface area contributed by atoms with Crippen LogP contribution in [0.5, 0.6) is 0 Å². The summed E-state index contributed by atoms with van der Waals surface area (Å²) in [5.41, 5.74) is 2.42. The number of alkyl halides is 2. The van der Waals surface area contributed by atoms with E-state index in [2.05, 4.69) is 23.9 Å². The predicted molar refractivity (Wildman–Crippen MR) is 78.3 cm³/mol. The zero-order valence-electron chi connectivity index (χ0n) is 11.4. The third-order valence-corrected chi connectivity index (χ3v) is 4.29. The molecule has 3 atom stereocenters. The Balaban J connectivity index is 1.98. The summed E-state index contributed by atoms with van der Waals surface area (Å²) in [4.78, 5) is 10.9. The first kappa shape index (κ1) is 13.9. The first-order valence-electron chi connectivity index (χ1n) is 6.88. The van der Waals surface area contributed by atoms with Gasteiger partial charge in [0.05, 0.1) is 0 Å². The van der Waals surface area contributed by atoms with Crippen molar-refractivity contribution in [3.63, 3.8) is 0 Å². The van der Waals surface area contributed by atoms with Gasteiger partial charge in [-0.2, -0.15) is 8.78 Å². The highest BCUT2D eigenvalue weighted by Crippen LogP contribution is 2.44. The fraction of sp³-hybridized carbons (Fsp3) is 0.294. The molecule has 0 aromatic heterocycles. The van der Waals surface area contributed by atoms with Gasteiger partial charge >= 0.3 is 0 Å². The molecule has 0 amide bonds. The van der Waals surface area contributed by atoms with Gasteiger partial charge in [0.25, 0.3) is 5.92 Å². The van der Waals surface area contributed by atoms with E-state index in [1.165, 1.54) is 0 Å². The quantitative estimate of drug-likeness (QED) is 0.583. The summed E-state index contributed by atoms with van der Waals surface area (Å²) in [6.45, 7) is 3.09. The van der Waals surface area contributed by atoms with Crippen LogP contribution < -0.4 is 0 Å². The van der Waals surface area contributed by atoms with Gasteiger partial charge in [-0.1, -0.05) is 54.3 Å². The molecule has 0 saturated carbocycles. The fourth-order valence-corrected chi connectivity index (χ4v) is 3.20. The number of hydrogen-bond donors (Lipinski definition) is 0. The van der Waals surface area contributed by atoms with E-state index in [9.17, 15) is 13.7 Å². The maximum absolute atomic E-state index is 13.7. The molecule has 108 valence electrons. The third kappa shape index (κ3) is 2.24. The van der Waals surface area contributed by atoms with Gasteiger partial charge in [0.2, 0.25) is 0 Å². The molecule has 0 heterocycles. The summed E-state index contributed by atoms with van der Waals surface area (Å²) in [5.74, 6) is -2.65. The summed E-state index contributed by atoms with van der Waals surface area (Å²) in [7, 11) is 0. The molecule has 2 aliphatic rings. The molecule has 3 unspecified atom stereocenters. The molecule has 1 aromatic carbocycles. The van der Waals surface area contributed by atoms with Gasteiger partial charge in [-0.3, -0.25) is 0 Å². The van der Waals surface area contributed by atoms with E-state index in [-0.39, 0.29) is 5.56 Å². The van der Waals surface area contributed by atoms with Gasteiger partial charge in [0.1, 0.15) is 0 Å². The topological polar surface area (TPSA) is 29.4 Å². The molecule has 2 aliphatic carbocycles. The van der Waals surface area contributed by atoms with Crippen LogP contribution in [-0.4, -0.2) is 5.92 Å². The largest absolute Gasteiger partial charge is 0.295 e. The first-order valence-corrected chi connectivity index (χ1v) is 6.88. The van der Waals surface area contributed by atoms with Crippen molar-refractivity contribution in [3.8, 4) is 0 Å². The van der Waals surface area contributed by atoms with Crippen LogP contribution in [0.3, 0.4) is 0 Å². The molecule has 0 fully saturated rings. The molecular formula is C17H15F2NO. The highest BCUT2D eigenvalue weighted by molar-refractivity contribution is 5.46. The standard InChI is InChI=1S/C17H15F2NO/c1-2-17(18,19)16(20-21)12-7-8-15-13(10-12)9-11-5-3-4-6-14(11)15/h2-8,10-11,14,16H,1,9H2. The molecule has 1 aromatic rings. The Hall–Kier alpha value is -2.10. The Morgan fingerprint density at radius 1 is 1.33 bits per heavy atom. The minimum atomic E-state index is -3.33. The Bertz CT molecular complexity index is 648. The Morgan fingerprint density at radius 3 is 2.81 bits per heavy atom. The van der Waals surface area contributed by atoms with Crippen LogP contribution in [0.15, 0.2) is 60.3 Å². The number of nitroso groups, excluding NO2 is 1. The molecule has 0 radical (unpaired) electrons. The zero-order valence-corrected chi connectivity index (χ0v) is 11.4. The van der Waals surface area contributed by atoms with E-state index < -0.39 is 12.0 Å². The number of fused-ring (bicyclic) bond motifs is 3. The second kappa shape index (κ2) is 5.02. The Kier molecular flexibility index (Phi) is 3.32. The zero-order chi connectivity index (χ0) is 15.0. The SMILES string of the molecule is C=CC(F)(F)C(N=O)c1ccc2c(c1)CC1C=CC=CC21. The molecule has 0 saturated heterocycles. The lowest BCUT2D eigenvalue weighted by atomic mass is 9.89. The highest BCUT2D eigenvalue weighted by atomic mass is 19.3. The van der Waals surface area contributed by atoms with E-state index in [1.54, 1.807) is 12.1 Å². The van der Waals surface area contributed by atoms with Gasteiger partial charge in [-0.25, -0.2) is 0 Å². The lowest BCUT2D eigenvalue weighted by Gasteiger charge is -2.19. The molecule has 0 aliphatic heterocycles. The molecule has 21 heavy (non-hydrogen) atoms. The second-order valence-corrected chi connectivity index (χ2v) is 5.51. The summed E-state index contributed by atoms with van der Waals surface area (Å²) in [6.07, 6.45) is 9.57. The summed E-state index contributed by atoms with van der Waals surface area (Å²) in [6, 6.07) is 3.40. The fourth-order valence-electron chi connectivity index (χ4n) is 3.20. The van der Waals surface area contributed by atoms with Crippen LogP contribution in [0.2, 0.25) is 0 Å². The minimum absolute atomic E-state index is 0.250. The molecular weight excluding hydrogens is 272 g/mol. The second-order valence-electron chi connectivity index (χ2n) is 5.51. The van der Waals surface area contributed by atoms with Crippen molar-refractivity contribution in [1.29, 1.82) is 0 Å². The van der Waals surface area contributed by atoms with Crippen molar-refractivity contribution in [2.45, 2.75) is 24.3 Å². The third-order valence-electron chi connectivity index (χ3n) is 4.29. The van der Waals surface area contributed by atoms with Crippen molar-refractivity contribution in [1.82, 2.24) is 0 Å². The van der Waals surface area contributed by atoms with E-state index in [0.717, 1.165) is 17.5 Å². The van der Waals surface area contributed by atoms with E-state index in [1.807, 2.05) is 18.2 Å². The van der Waals surface area contributed by atoms with Gasteiger partial charge in [0.15, 0.2) is 6.04 Å². The molecule has 0 spiro atoms. The van der Waals surface area contributed by atoms with Gasteiger partial charge in [-0.05, 0) is 35.1 Å². The first-order chi connectivity index (χ1) is 10.1. The lowest BCUT2D eigenvalue weighted by Crippen LogP contribution is -2.21. The van der Waals surface area contributed by atoms with E-state index in [0.29, 0.717) is 17.9 Å². The minimum Gasteiger partial charge on any atom is -0.199 e. The van der Waals surface area contributed by atoms with Crippen molar-refractivity contribution < 1.29 is 8.78 Å². The summed E-state index contributed by atoms with van der Waals surface area (Å²) < 4.78 is 27.4. The van der Waals surface area contributed by atoms with Crippen LogP contribution in [0.4, 0.5) is 8.78 Å². The molecule has 0 N–H and O–H groups in total. The van der Waals surface area contributed by atoms with Crippen molar-refractivity contribution in [2.75, 3.05) is 0 Å². The maximum atomic E-state index is 13.7. The van der Waals surface area contributed by atoms with E-state index >= 15 is 0 Å². The summed E-state index contributed by atoms with van der Waals surface area (Å²) in [5, 5.41) is 2.62. The van der Waals surface area contributed by atoms with Gasteiger partial charge in [-0.15, -0.1) is 4.91 Å². The number of allylic oxidation sites excluding steroid dienone is 4. The van der Waals surface area contributed by atoms with Crippen LogP contribution >= 0.6 is 0 Å². The molecule has 3 rings (SSSR count). The predicted octanol–water partition coefficient (Wildman–Crippen LogP) is 4.70. The Morgan fingerprint density at radius 2 is 2.10 bits per heavy atom. The van der Waals surface area contributed by atoms with Crippen LogP contribution in [0.25, 0.3) is 0 Å². The smallest absolute Gasteiger partial charge is 0.199 e. The normalized spacial score (nSPS) is 24.3. The number of nitrogens with zero attached hydrogens (tertiary/aromatic N) is 1. The maximum Gasteiger partial charge on any atom is 0.295 e. The average Bonchev–Trinajstić information content (AvgIpc) is 2.85. The van der Waals surface area contributed by atoms with Crippen LogP contribution in [0.1, 0.15) is 28.7 Å². The van der Waals surface area contributed by atoms with Crippen molar-refractivity contribution in [2.24, 2.45) is 11.1 Å². The monoisotopic (exact) mass is 287 g/mol. The average molecular weight is 287 g/mol. The molecule has 0 bridgehead atoms. The number of benzene rings is 1. The van der Waals surface area contributed by atoms with Crippen LogP contribution in [0, 0.1) is 10.8 Å². The number of hydrogen-bond acceptors (Lipinski definition) is 2. The molecule has 2 nitrogen and oxygen atoms in total. The van der Waals surface area contributed by atoms with Gasteiger partial charge < -0.3 is 0 Å². The Labute approximate surface area is 121 Å². The highest BCUT2D eigenvalue weighted by Gasteiger charge is 2.40. The molecule has 4 heteroatoms. The summed E-state index contributed by atoms with van der Waals surface area (Å²) >= 11 is 0. The lowest BCUT2D eigenvalue weighted by molar-refractivity contribution is 0.0265.